The molecular formula is C11H17N3O3S. The van der Waals surface area contributed by atoms with Gasteiger partial charge in [0.1, 0.15) is 6.61 Å². The molecule has 1 aromatic heterocycles. The maximum Gasteiger partial charge on any atom is 0.313 e. The molecule has 0 unspecified atom stereocenters. The van der Waals surface area contributed by atoms with Gasteiger partial charge in [-0.25, -0.2) is 0 Å². The lowest BCUT2D eigenvalue weighted by molar-refractivity contribution is -0.133. The number of hydrogen-bond acceptors (Lipinski definition) is 5. The minimum atomic E-state index is -0.872. The SMILES string of the molecule is O=C(O)CSc1nnc(CO)n1C1CCCCC1. The first-order valence-electron chi connectivity index (χ1n) is 6.11. The van der Waals surface area contributed by atoms with Crippen molar-refractivity contribution in [2.75, 3.05) is 5.75 Å². The normalized spacial score (nSPS) is 16.9. The van der Waals surface area contributed by atoms with Crippen LogP contribution in [0.3, 0.4) is 0 Å². The van der Waals surface area contributed by atoms with Crippen LogP contribution in [0, 0.1) is 0 Å². The monoisotopic (exact) mass is 271 g/mol. The van der Waals surface area contributed by atoms with Crippen LogP contribution >= 0.6 is 11.8 Å². The molecule has 1 fully saturated rings. The number of aromatic nitrogens is 3. The summed E-state index contributed by atoms with van der Waals surface area (Å²) in [5.41, 5.74) is 0. The Morgan fingerprint density at radius 3 is 2.67 bits per heavy atom. The zero-order valence-corrected chi connectivity index (χ0v) is 10.9. The van der Waals surface area contributed by atoms with Crippen molar-refractivity contribution in [3.05, 3.63) is 5.82 Å². The molecule has 1 aliphatic rings. The number of aliphatic hydroxyl groups excluding tert-OH is 1. The van der Waals surface area contributed by atoms with Gasteiger partial charge in [-0.3, -0.25) is 4.79 Å². The predicted molar refractivity (Wildman–Crippen MR) is 66.4 cm³/mol. The second-order valence-electron chi connectivity index (χ2n) is 4.40. The summed E-state index contributed by atoms with van der Waals surface area (Å²) in [7, 11) is 0. The van der Waals surface area contributed by atoms with Crippen LogP contribution in [0.5, 0.6) is 0 Å². The van der Waals surface area contributed by atoms with Crippen LogP contribution in [-0.4, -0.2) is 36.7 Å². The lowest BCUT2D eigenvalue weighted by Crippen LogP contribution is -2.17. The third-order valence-corrected chi connectivity index (χ3v) is 4.07. The first-order valence-corrected chi connectivity index (χ1v) is 7.10. The Hall–Kier alpha value is -1.08. The van der Waals surface area contributed by atoms with E-state index in [0.29, 0.717) is 17.0 Å². The molecule has 0 bridgehead atoms. The molecule has 0 amide bonds. The van der Waals surface area contributed by atoms with Gasteiger partial charge in [-0.2, -0.15) is 0 Å². The van der Waals surface area contributed by atoms with Gasteiger partial charge in [-0.15, -0.1) is 10.2 Å². The molecule has 100 valence electrons. The molecule has 0 aromatic carbocycles. The topological polar surface area (TPSA) is 88.2 Å². The molecule has 7 heteroatoms. The first-order chi connectivity index (χ1) is 8.72. The molecule has 6 nitrogen and oxygen atoms in total. The summed E-state index contributed by atoms with van der Waals surface area (Å²) in [4.78, 5) is 10.6. The van der Waals surface area contributed by atoms with Crippen LogP contribution in [-0.2, 0) is 11.4 Å². The molecule has 0 spiro atoms. The average Bonchev–Trinajstić information content (AvgIpc) is 2.80. The van der Waals surface area contributed by atoms with Gasteiger partial charge in [0, 0.05) is 6.04 Å². The largest absolute Gasteiger partial charge is 0.481 e. The summed E-state index contributed by atoms with van der Waals surface area (Å²) in [6.45, 7) is -0.156. The number of thioether (sulfide) groups is 1. The van der Waals surface area contributed by atoms with E-state index >= 15 is 0 Å². The maximum absolute atomic E-state index is 10.6. The number of nitrogens with zero attached hydrogens (tertiary/aromatic N) is 3. The Kier molecular flexibility index (Phi) is 4.60. The number of carboxylic acids is 1. The lowest BCUT2D eigenvalue weighted by Gasteiger charge is -2.25. The van der Waals surface area contributed by atoms with Crippen LogP contribution in [0.25, 0.3) is 0 Å². The fraction of sp³-hybridized carbons (Fsp3) is 0.727. The standard InChI is InChI=1S/C11H17N3O3S/c15-6-9-12-13-11(18-7-10(16)17)14(9)8-4-2-1-3-5-8/h8,15H,1-7H2,(H,16,17). The highest BCUT2D eigenvalue weighted by Gasteiger charge is 2.22. The molecule has 1 heterocycles. The van der Waals surface area contributed by atoms with E-state index < -0.39 is 5.97 Å². The highest BCUT2D eigenvalue weighted by atomic mass is 32.2. The third-order valence-electron chi connectivity index (χ3n) is 3.14. The van der Waals surface area contributed by atoms with E-state index in [0.717, 1.165) is 37.4 Å². The van der Waals surface area contributed by atoms with Gasteiger partial charge in [0.2, 0.25) is 0 Å². The van der Waals surface area contributed by atoms with E-state index in [2.05, 4.69) is 10.2 Å². The summed E-state index contributed by atoms with van der Waals surface area (Å²) in [5, 5.41) is 26.5. The number of carbonyl (C=O) groups is 1. The minimum absolute atomic E-state index is 0.0315. The third kappa shape index (κ3) is 3.02. The molecule has 0 atom stereocenters. The van der Waals surface area contributed by atoms with E-state index in [1.54, 1.807) is 0 Å². The van der Waals surface area contributed by atoms with Crippen LogP contribution in [0.15, 0.2) is 5.16 Å². The van der Waals surface area contributed by atoms with Crippen molar-refractivity contribution in [2.45, 2.75) is 49.9 Å². The molecule has 1 aromatic rings. The van der Waals surface area contributed by atoms with E-state index in [1.165, 1.54) is 6.42 Å². The smallest absolute Gasteiger partial charge is 0.313 e. The van der Waals surface area contributed by atoms with Gasteiger partial charge in [-0.05, 0) is 12.8 Å². The average molecular weight is 271 g/mol. The van der Waals surface area contributed by atoms with Crippen molar-refractivity contribution < 1.29 is 15.0 Å². The molecular weight excluding hydrogens is 254 g/mol. The molecule has 1 aliphatic carbocycles. The summed E-state index contributed by atoms with van der Waals surface area (Å²) in [6.07, 6.45) is 5.66. The van der Waals surface area contributed by atoms with Gasteiger partial charge in [0.25, 0.3) is 0 Å². The van der Waals surface area contributed by atoms with Gasteiger partial charge in [-0.1, -0.05) is 31.0 Å². The number of hydrogen-bond donors (Lipinski definition) is 2. The van der Waals surface area contributed by atoms with E-state index in [1.807, 2.05) is 4.57 Å². The van der Waals surface area contributed by atoms with E-state index in [4.69, 9.17) is 5.11 Å². The Morgan fingerprint density at radius 2 is 2.06 bits per heavy atom. The molecule has 0 aliphatic heterocycles. The molecule has 2 rings (SSSR count). The van der Waals surface area contributed by atoms with Crippen molar-refractivity contribution in [1.82, 2.24) is 14.8 Å². The van der Waals surface area contributed by atoms with Gasteiger partial charge in [0.05, 0.1) is 5.75 Å². The summed E-state index contributed by atoms with van der Waals surface area (Å²) < 4.78 is 1.92. The van der Waals surface area contributed by atoms with Gasteiger partial charge in [0.15, 0.2) is 11.0 Å². The fourth-order valence-corrected chi connectivity index (χ4v) is 3.09. The predicted octanol–water partition coefficient (Wildman–Crippen LogP) is 1.45. The molecule has 0 saturated heterocycles. The van der Waals surface area contributed by atoms with Crippen molar-refractivity contribution in [3.8, 4) is 0 Å². The van der Waals surface area contributed by atoms with Gasteiger partial charge >= 0.3 is 5.97 Å². The van der Waals surface area contributed by atoms with E-state index in [-0.39, 0.29) is 12.4 Å². The minimum Gasteiger partial charge on any atom is -0.481 e. The fourth-order valence-electron chi connectivity index (χ4n) is 2.35. The molecule has 18 heavy (non-hydrogen) atoms. The Morgan fingerprint density at radius 1 is 1.33 bits per heavy atom. The number of aliphatic hydroxyl groups is 1. The number of carboxylic acid groups (broad SMARTS) is 1. The zero-order chi connectivity index (χ0) is 13.0. The van der Waals surface area contributed by atoms with Crippen LogP contribution < -0.4 is 0 Å². The Labute approximate surface area is 109 Å². The van der Waals surface area contributed by atoms with Crippen LogP contribution in [0.1, 0.15) is 44.0 Å². The van der Waals surface area contributed by atoms with Crippen molar-refractivity contribution in [2.24, 2.45) is 0 Å². The molecule has 0 radical (unpaired) electrons. The molecule has 2 N–H and O–H groups in total. The summed E-state index contributed by atoms with van der Waals surface area (Å²) in [6, 6.07) is 0.298. The number of aliphatic carboxylic acids is 1. The van der Waals surface area contributed by atoms with Gasteiger partial charge < -0.3 is 14.8 Å². The zero-order valence-electron chi connectivity index (χ0n) is 10.1. The molecule has 1 saturated carbocycles. The number of rotatable bonds is 5. The first kappa shape index (κ1) is 13.4. The second-order valence-corrected chi connectivity index (χ2v) is 5.34. The quantitative estimate of drug-likeness (QED) is 0.788. The maximum atomic E-state index is 10.6. The van der Waals surface area contributed by atoms with E-state index in [9.17, 15) is 9.90 Å². The summed E-state index contributed by atoms with van der Waals surface area (Å²) in [5.74, 6) is -0.366. The van der Waals surface area contributed by atoms with Crippen LogP contribution in [0.2, 0.25) is 0 Å². The second kappa shape index (κ2) is 6.19. The van der Waals surface area contributed by atoms with Crippen molar-refractivity contribution >= 4 is 17.7 Å². The van der Waals surface area contributed by atoms with Crippen molar-refractivity contribution in [1.29, 1.82) is 0 Å². The Balaban J connectivity index is 2.18. The summed E-state index contributed by atoms with van der Waals surface area (Å²) >= 11 is 1.16. The van der Waals surface area contributed by atoms with Crippen molar-refractivity contribution in [3.63, 3.8) is 0 Å². The highest BCUT2D eigenvalue weighted by molar-refractivity contribution is 7.99. The Bertz CT molecular complexity index is 416. The van der Waals surface area contributed by atoms with Crippen LogP contribution in [0.4, 0.5) is 0 Å². The highest BCUT2D eigenvalue weighted by Crippen LogP contribution is 2.32. The lowest BCUT2D eigenvalue weighted by atomic mass is 9.95.